The standard InChI is InChI=1S/C12H26N2O/c1-12(13,11-15)7-10-14-8-5-3-2-4-6-9-14/h15H,2-11,13H2,1H3. The molecule has 0 amide bonds. The summed E-state index contributed by atoms with van der Waals surface area (Å²) in [5, 5.41) is 9.08. The van der Waals surface area contributed by atoms with Crippen molar-refractivity contribution >= 4 is 0 Å². The second kappa shape index (κ2) is 6.46. The molecule has 0 radical (unpaired) electrons. The van der Waals surface area contributed by atoms with E-state index >= 15 is 0 Å². The Morgan fingerprint density at radius 2 is 1.67 bits per heavy atom. The van der Waals surface area contributed by atoms with Crippen LogP contribution in [0, 0.1) is 0 Å². The first-order chi connectivity index (χ1) is 7.14. The highest BCUT2D eigenvalue weighted by Crippen LogP contribution is 2.12. The molecule has 0 bridgehead atoms. The minimum Gasteiger partial charge on any atom is -0.394 e. The molecule has 1 saturated heterocycles. The summed E-state index contributed by atoms with van der Waals surface area (Å²) < 4.78 is 0. The van der Waals surface area contributed by atoms with E-state index in [1.165, 1.54) is 45.2 Å². The molecule has 1 rings (SSSR count). The van der Waals surface area contributed by atoms with E-state index in [-0.39, 0.29) is 6.61 Å². The molecular weight excluding hydrogens is 188 g/mol. The smallest absolute Gasteiger partial charge is 0.0608 e. The Kier molecular flexibility index (Phi) is 5.58. The highest BCUT2D eigenvalue weighted by atomic mass is 16.3. The van der Waals surface area contributed by atoms with Gasteiger partial charge >= 0.3 is 0 Å². The predicted molar refractivity (Wildman–Crippen MR) is 63.8 cm³/mol. The lowest BCUT2D eigenvalue weighted by Gasteiger charge is -2.29. The molecule has 3 nitrogen and oxygen atoms in total. The normalized spacial score (nSPS) is 24.2. The highest BCUT2D eigenvalue weighted by molar-refractivity contribution is 4.79. The first-order valence-corrected chi connectivity index (χ1v) is 6.26. The Morgan fingerprint density at radius 3 is 2.20 bits per heavy atom. The number of rotatable bonds is 4. The monoisotopic (exact) mass is 214 g/mol. The van der Waals surface area contributed by atoms with Crippen molar-refractivity contribution < 1.29 is 5.11 Å². The minimum absolute atomic E-state index is 0.0842. The fourth-order valence-corrected chi connectivity index (χ4v) is 2.03. The lowest BCUT2D eigenvalue weighted by Crippen LogP contribution is -2.44. The molecule has 1 atom stereocenters. The summed E-state index contributed by atoms with van der Waals surface area (Å²) in [7, 11) is 0. The van der Waals surface area contributed by atoms with Crippen molar-refractivity contribution in [2.24, 2.45) is 5.73 Å². The Hall–Kier alpha value is -0.120. The van der Waals surface area contributed by atoms with Gasteiger partial charge in [-0.3, -0.25) is 0 Å². The summed E-state index contributed by atoms with van der Waals surface area (Å²) in [5.74, 6) is 0. The zero-order chi connectivity index (χ0) is 11.1. The zero-order valence-corrected chi connectivity index (χ0v) is 10.0. The number of aliphatic hydroxyl groups excluding tert-OH is 1. The lowest BCUT2D eigenvalue weighted by atomic mass is 10.00. The van der Waals surface area contributed by atoms with Crippen LogP contribution in [0.1, 0.15) is 45.4 Å². The van der Waals surface area contributed by atoms with E-state index < -0.39 is 5.54 Å². The van der Waals surface area contributed by atoms with Crippen LogP contribution in [-0.2, 0) is 0 Å². The minimum atomic E-state index is -0.400. The molecule has 1 fully saturated rings. The Labute approximate surface area is 93.6 Å². The van der Waals surface area contributed by atoms with Gasteiger partial charge in [0.1, 0.15) is 0 Å². The van der Waals surface area contributed by atoms with Crippen LogP contribution in [0.4, 0.5) is 0 Å². The maximum Gasteiger partial charge on any atom is 0.0608 e. The van der Waals surface area contributed by atoms with E-state index in [1.54, 1.807) is 0 Å². The van der Waals surface area contributed by atoms with Crippen LogP contribution in [0.3, 0.4) is 0 Å². The van der Waals surface area contributed by atoms with Gasteiger partial charge in [0.15, 0.2) is 0 Å². The lowest BCUT2D eigenvalue weighted by molar-refractivity contribution is 0.169. The van der Waals surface area contributed by atoms with Gasteiger partial charge in [-0.25, -0.2) is 0 Å². The van der Waals surface area contributed by atoms with Gasteiger partial charge in [0.25, 0.3) is 0 Å². The van der Waals surface area contributed by atoms with Crippen molar-refractivity contribution in [2.75, 3.05) is 26.2 Å². The molecule has 0 aromatic heterocycles. The molecule has 90 valence electrons. The third-order valence-corrected chi connectivity index (χ3v) is 3.31. The predicted octanol–water partition coefficient (Wildman–Crippen LogP) is 1.35. The van der Waals surface area contributed by atoms with E-state index in [0.29, 0.717) is 0 Å². The third-order valence-electron chi connectivity index (χ3n) is 3.31. The van der Waals surface area contributed by atoms with Crippen molar-refractivity contribution in [1.82, 2.24) is 4.90 Å². The zero-order valence-electron chi connectivity index (χ0n) is 10.0. The van der Waals surface area contributed by atoms with E-state index in [4.69, 9.17) is 10.8 Å². The van der Waals surface area contributed by atoms with Gasteiger partial charge in [0.05, 0.1) is 6.61 Å². The maximum atomic E-state index is 9.08. The van der Waals surface area contributed by atoms with E-state index in [0.717, 1.165) is 13.0 Å². The molecule has 1 aliphatic heterocycles. The topological polar surface area (TPSA) is 49.5 Å². The fourth-order valence-electron chi connectivity index (χ4n) is 2.03. The first-order valence-electron chi connectivity index (χ1n) is 6.26. The van der Waals surface area contributed by atoms with Crippen molar-refractivity contribution in [1.29, 1.82) is 0 Å². The summed E-state index contributed by atoms with van der Waals surface area (Å²) in [5.41, 5.74) is 5.53. The second-order valence-electron chi connectivity index (χ2n) is 5.17. The van der Waals surface area contributed by atoms with Crippen LogP contribution >= 0.6 is 0 Å². The highest BCUT2D eigenvalue weighted by Gasteiger charge is 2.18. The van der Waals surface area contributed by atoms with E-state index in [1.807, 2.05) is 6.92 Å². The summed E-state index contributed by atoms with van der Waals surface area (Å²) in [6, 6.07) is 0. The first kappa shape index (κ1) is 12.9. The average molecular weight is 214 g/mol. The molecule has 0 aromatic carbocycles. The van der Waals surface area contributed by atoms with Crippen LogP contribution in [-0.4, -0.2) is 41.8 Å². The average Bonchev–Trinajstić information content (AvgIpc) is 2.16. The molecule has 3 N–H and O–H groups in total. The number of hydrogen-bond donors (Lipinski definition) is 2. The van der Waals surface area contributed by atoms with Crippen LogP contribution < -0.4 is 5.73 Å². The second-order valence-corrected chi connectivity index (χ2v) is 5.17. The Morgan fingerprint density at radius 1 is 1.13 bits per heavy atom. The fraction of sp³-hybridized carbons (Fsp3) is 1.00. The van der Waals surface area contributed by atoms with E-state index in [9.17, 15) is 0 Å². The van der Waals surface area contributed by atoms with Crippen molar-refractivity contribution in [2.45, 2.75) is 51.0 Å². The Bertz CT molecular complexity index is 163. The molecule has 1 heterocycles. The molecular formula is C12H26N2O. The van der Waals surface area contributed by atoms with Crippen molar-refractivity contribution in [3.8, 4) is 0 Å². The van der Waals surface area contributed by atoms with Crippen LogP contribution in [0.5, 0.6) is 0 Å². The SMILES string of the molecule is CC(N)(CO)CCN1CCCCCCC1. The van der Waals surface area contributed by atoms with Crippen LogP contribution in [0.25, 0.3) is 0 Å². The van der Waals surface area contributed by atoms with Crippen molar-refractivity contribution in [3.05, 3.63) is 0 Å². The number of aliphatic hydroxyl groups is 1. The third kappa shape index (κ3) is 5.50. The molecule has 3 heteroatoms. The van der Waals surface area contributed by atoms with Gasteiger partial charge < -0.3 is 15.7 Å². The molecule has 0 aromatic rings. The number of nitrogens with two attached hydrogens (primary N) is 1. The largest absolute Gasteiger partial charge is 0.394 e. The van der Waals surface area contributed by atoms with Crippen molar-refractivity contribution in [3.63, 3.8) is 0 Å². The number of likely N-dealkylation sites (tertiary alicyclic amines) is 1. The van der Waals surface area contributed by atoms with Crippen LogP contribution in [0.15, 0.2) is 0 Å². The van der Waals surface area contributed by atoms with Gasteiger partial charge in [-0.05, 0) is 45.8 Å². The molecule has 15 heavy (non-hydrogen) atoms. The van der Waals surface area contributed by atoms with Gasteiger partial charge in [0, 0.05) is 5.54 Å². The molecule has 1 aliphatic rings. The molecule has 0 spiro atoms. The molecule has 1 unspecified atom stereocenters. The van der Waals surface area contributed by atoms with Crippen LogP contribution in [0.2, 0.25) is 0 Å². The number of hydrogen-bond acceptors (Lipinski definition) is 3. The van der Waals surface area contributed by atoms with Gasteiger partial charge in [-0.2, -0.15) is 0 Å². The summed E-state index contributed by atoms with van der Waals surface area (Å²) in [6.07, 6.45) is 7.68. The summed E-state index contributed by atoms with van der Waals surface area (Å²) in [4.78, 5) is 2.50. The van der Waals surface area contributed by atoms with Gasteiger partial charge in [-0.15, -0.1) is 0 Å². The summed E-state index contributed by atoms with van der Waals surface area (Å²) >= 11 is 0. The quantitative estimate of drug-likeness (QED) is 0.743. The maximum absolute atomic E-state index is 9.08. The van der Waals surface area contributed by atoms with E-state index in [2.05, 4.69) is 4.90 Å². The molecule has 0 saturated carbocycles. The number of nitrogens with zero attached hydrogens (tertiary/aromatic N) is 1. The molecule has 0 aliphatic carbocycles. The van der Waals surface area contributed by atoms with Gasteiger partial charge in [-0.1, -0.05) is 19.3 Å². The summed E-state index contributed by atoms with van der Waals surface area (Å²) in [6.45, 7) is 5.47. The van der Waals surface area contributed by atoms with Gasteiger partial charge in [0.2, 0.25) is 0 Å². The Balaban J connectivity index is 2.23.